The van der Waals surface area contributed by atoms with Gasteiger partial charge in [-0.25, -0.2) is 0 Å². The number of carbonyl (C=O) groups is 2. The van der Waals surface area contributed by atoms with E-state index in [4.69, 9.17) is 9.47 Å². The summed E-state index contributed by atoms with van der Waals surface area (Å²) in [6.45, 7) is 6.02. The van der Waals surface area contributed by atoms with Crippen molar-refractivity contribution in [3.8, 4) is 5.75 Å². The number of morpholine rings is 1. The van der Waals surface area contributed by atoms with Crippen molar-refractivity contribution in [3.63, 3.8) is 0 Å². The summed E-state index contributed by atoms with van der Waals surface area (Å²) < 4.78 is 10.7. The molecule has 2 saturated heterocycles. The highest BCUT2D eigenvalue weighted by Crippen LogP contribution is 2.39. The molecule has 0 saturated carbocycles. The van der Waals surface area contributed by atoms with E-state index < -0.39 is 17.7 Å². The number of likely N-dealkylation sites (tertiary alicyclic amines) is 1. The number of aliphatic hydroxyl groups excluding tert-OH is 1. The number of amides is 1. The van der Waals surface area contributed by atoms with Crippen molar-refractivity contribution < 1.29 is 24.2 Å². The lowest BCUT2D eigenvalue weighted by molar-refractivity contribution is -0.140. The van der Waals surface area contributed by atoms with Gasteiger partial charge in [-0.3, -0.25) is 14.5 Å². The van der Waals surface area contributed by atoms with Gasteiger partial charge in [0.25, 0.3) is 11.7 Å². The normalized spacial score (nSPS) is 20.9. The van der Waals surface area contributed by atoms with Crippen LogP contribution in [0, 0.1) is 0 Å². The molecule has 7 heteroatoms. The molecule has 1 amide bonds. The molecule has 2 heterocycles. The van der Waals surface area contributed by atoms with Crippen molar-refractivity contribution in [2.75, 3.05) is 46.5 Å². The highest BCUT2D eigenvalue weighted by molar-refractivity contribution is 6.46. The molecule has 1 N–H and O–H groups in total. The van der Waals surface area contributed by atoms with Gasteiger partial charge in [-0.1, -0.05) is 43.3 Å². The Balaban J connectivity index is 1.74. The minimum Gasteiger partial charge on any atom is -0.507 e. The molecule has 7 nitrogen and oxygen atoms in total. The number of rotatable bonds is 7. The molecule has 174 valence electrons. The van der Waals surface area contributed by atoms with Crippen LogP contribution in [0.2, 0.25) is 0 Å². The van der Waals surface area contributed by atoms with Crippen LogP contribution < -0.4 is 4.74 Å². The maximum Gasteiger partial charge on any atom is 0.295 e. The van der Waals surface area contributed by atoms with Crippen LogP contribution in [0.1, 0.15) is 29.7 Å². The molecule has 0 spiro atoms. The molecule has 2 aromatic rings. The Morgan fingerprint density at radius 3 is 2.48 bits per heavy atom. The van der Waals surface area contributed by atoms with Gasteiger partial charge in [-0.05, 0) is 29.7 Å². The maximum atomic E-state index is 13.2. The molecule has 2 aliphatic rings. The fourth-order valence-electron chi connectivity index (χ4n) is 4.39. The number of benzene rings is 2. The highest BCUT2D eigenvalue weighted by atomic mass is 16.5. The number of aliphatic hydroxyl groups is 1. The van der Waals surface area contributed by atoms with Crippen molar-refractivity contribution in [2.24, 2.45) is 0 Å². The van der Waals surface area contributed by atoms with Crippen molar-refractivity contribution in [1.29, 1.82) is 0 Å². The first-order chi connectivity index (χ1) is 16.0. The Morgan fingerprint density at radius 1 is 1.09 bits per heavy atom. The average molecular weight is 451 g/mol. The van der Waals surface area contributed by atoms with Gasteiger partial charge in [-0.15, -0.1) is 0 Å². The number of nitrogens with zero attached hydrogens (tertiary/aromatic N) is 2. The van der Waals surface area contributed by atoms with Crippen LogP contribution in [0.25, 0.3) is 5.76 Å². The van der Waals surface area contributed by atoms with Gasteiger partial charge in [0.1, 0.15) is 11.5 Å². The smallest absolute Gasteiger partial charge is 0.295 e. The molecule has 0 aliphatic carbocycles. The third-order valence-electron chi connectivity index (χ3n) is 6.35. The number of hydrogen-bond acceptors (Lipinski definition) is 6. The van der Waals surface area contributed by atoms with Crippen LogP contribution in [-0.4, -0.2) is 73.1 Å². The quantitative estimate of drug-likeness (QED) is 0.397. The zero-order chi connectivity index (χ0) is 23.4. The number of hydrogen-bond donors (Lipinski definition) is 1. The van der Waals surface area contributed by atoms with Gasteiger partial charge in [0.05, 0.1) is 31.9 Å². The standard InChI is InChI=1S/C26H30N2O5/c1-3-18-7-9-19(10-8-18)23-22(24(29)20-5-4-6-21(17-20)32-2)25(30)26(31)28(23)12-11-27-13-15-33-16-14-27/h4-10,17,23,29H,3,11-16H2,1-2H3. The van der Waals surface area contributed by atoms with E-state index in [-0.39, 0.29) is 11.3 Å². The van der Waals surface area contributed by atoms with Gasteiger partial charge >= 0.3 is 0 Å². The highest BCUT2D eigenvalue weighted by Gasteiger charge is 2.46. The lowest BCUT2D eigenvalue weighted by Crippen LogP contribution is -2.42. The largest absolute Gasteiger partial charge is 0.507 e. The van der Waals surface area contributed by atoms with E-state index in [1.807, 2.05) is 24.3 Å². The summed E-state index contributed by atoms with van der Waals surface area (Å²) in [6, 6.07) is 14.1. The Bertz CT molecular complexity index is 1040. The van der Waals surface area contributed by atoms with Gasteiger partial charge in [0.15, 0.2) is 0 Å². The number of aryl methyl sites for hydroxylation is 1. The first kappa shape index (κ1) is 23.0. The minimum absolute atomic E-state index is 0.111. The van der Waals surface area contributed by atoms with E-state index in [0.29, 0.717) is 37.6 Å². The topological polar surface area (TPSA) is 79.3 Å². The fourth-order valence-corrected chi connectivity index (χ4v) is 4.39. The summed E-state index contributed by atoms with van der Waals surface area (Å²) in [6.07, 6.45) is 0.890. The summed E-state index contributed by atoms with van der Waals surface area (Å²) in [5, 5.41) is 11.2. The van der Waals surface area contributed by atoms with Gasteiger partial charge < -0.3 is 19.5 Å². The lowest BCUT2D eigenvalue weighted by atomic mass is 9.94. The molecular formula is C26H30N2O5. The second kappa shape index (κ2) is 10.2. The summed E-state index contributed by atoms with van der Waals surface area (Å²) in [4.78, 5) is 30.1. The lowest BCUT2D eigenvalue weighted by Gasteiger charge is -2.31. The van der Waals surface area contributed by atoms with E-state index in [1.165, 1.54) is 0 Å². The molecule has 1 atom stereocenters. The fraction of sp³-hybridized carbons (Fsp3) is 0.385. The zero-order valence-corrected chi connectivity index (χ0v) is 19.1. The third kappa shape index (κ3) is 4.79. The first-order valence-electron chi connectivity index (χ1n) is 11.3. The summed E-state index contributed by atoms with van der Waals surface area (Å²) in [7, 11) is 1.54. The Labute approximate surface area is 194 Å². The molecule has 2 fully saturated rings. The number of Topliss-reactive ketones (excluding diaryl/α,β-unsaturated/α-hetero) is 1. The molecular weight excluding hydrogens is 420 g/mol. The monoisotopic (exact) mass is 450 g/mol. The summed E-state index contributed by atoms with van der Waals surface area (Å²) >= 11 is 0. The molecule has 1 unspecified atom stereocenters. The van der Waals surface area contributed by atoms with E-state index in [0.717, 1.165) is 30.6 Å². The number of carbonyl (C=O) groups excluding carboxylic acids is 2. The molecule has 0 aromatic heterocycles. The van der Waals surface area contributed by atoms with Crippen LogP contribution in [0.3, 0.4) is 0 Å². The Morgan fingerprint density at radius 2 is 1.82 bits per heavy atom. The second-order valence-electron chi connectivity index (χ2n) is 8.27. The number of methoxy groups -OCH3 is 1. The van der Waals surface area contributed by atoms with Crippen molar-refractivity contribution >= 4 is 17.4 Å². The predicted molar refractivity (Wildman–Crippen MR) is 125 cm³/mol. The molecule has 2 aliphatic heterocycles. The molecule has 0 bridgehead atoms. The molecule has 4 rings (SSSR count). The first-order valence-corrected chi connectivity index (χ1v) is 11.3. The van der Waals surface area contributed by atoms with Gasteiger partial charge in [0, 0.05) is 31.7 Å². The SMILES string of the molecule is CCc1ccc(C2C(=C(O)c3cccc(OC)c3)C(=O)C(=O)N2CCN2CCOCC2)cc1. The molecule has 2 aromatic carbocycles. The molecule has 0 radical (unpaired) electrons. The number of ether oxygens (including phenoxy) is 2. The van der Waals surface area contributed by atoms with Gasteiger partial charge in [0.2, 0.25) is 0 Å². The Kier molecular flexibility index (Phi) is 7.11. The number of ketones is 1. The van der Waals surface area contributed by atoms with Crippen molar-refractivity contribution in [1.82, 2.24) is 9.80 Å². The van der Waals surface area contributed by atoms with E-state index in [2.05, 4.69) is 11.8 Å². The second-order valence-corrected chi connectivity index (χ2v) is 8.27. The van der Waals surface area contributed by atoms with E-state index in [9.17, 15) is 14.7 Å². The van der Waals surface area contributed by atoms with E-state index >= 15 is 0 Å². The van der Waals surface area contributed by atoms with Crippen LogP contribution in [0.4, 0.5) is 0 Å². The third-order valence-corrected chi connectivity index (χ3v) is 6.35. The van der Waals surface area contributed by atoms with Crippen LogP contribution in [0.5, 0.6) is 5.75 Å². The minimum atomic E-state index is -0.665. The Hall–Kier alpha value is -3.16. The van der Waals surface area contributed by atoms with Crippen molar-refractivity contribution in [2.45, 2.75) is 19.4 Å². The zero-order valence-electron chi connectivity index (χ0n) is 19.1. The van der Waals surface area contributed by atoms with Crippen LogP contribution in [-0.2, 0) is 20.7 Å². The summed E-state index contributed by atoms with van der Waals surface area (Å²) in [5.74, 6) is -0.880. The van der Waals surface area contributed by atoms with E-state index in [1.54, 1.807) is 36.3 Å². The predicted octanol–water partition coefficient (Wildman–Crippen LogP) is 3.01. The maximum absolute atomic E-state index is 13.2. The van der Waals surface area contributed by atoms with Crippen LogP contribution >= 0.6 is 0 Å². The van der Waals surface area contributed by atoms with Crippen LogP contribution in [0.15, 0.2) is 54.1 Å². The average Bonchev–Trinajstić information content (AvgIpc) is 3.12. The van der Waals surface area contributed by atoms with Crippen molar-refractivity contribution in [3.05, 3.63) is 70.8 Å². The van der Waals surface area contributed by atoms with Gasteiger partial charge in [-0.2, -0.15) is 0 Å². The molecule has 33 heavy (non-hydrogen) atoms. The summed E-state index contributed by atoms with van der Waals surface area (Å²) in [5.41, 5.74) is 2.52.